The van der Waals surface area contributed by atoms with E-state index in [-0.39, 0.29) is 17.7 Å². The highest BCUT2D eigenvalue weighted by Gasteiger charge is 2.25. The normalized spacial score (nSPS) is 13.0. The smallest absolute Gasteiger partial charge is 0.335 e. The lowest BCUT2D eigenvalue weighted by Crippen LogP contribution is -2.29. The molecule has 2 rings (SSSR count). The molecule has 2 aromatic rings. The summed E-state index contributed by atoms with van der Waals surface area (Å²) in [4.78, 5) is 12.4. The van der Waals surface area contributed by atoms with Gasteiger partial charge in [-0.25, -0.2) is 8.42 Å². The van der Waals surface area contributed by atoms with E-state index in [1.165, 1.54) is 0 Å². The number of benzene rings is 1. The van der Waals surface area contributed by atoms with Crippen LogP contribution in [0.2, 0.25) is 5.02 Å². The van der Waals surface area contributed by atoms with Gasteiger partial charge in [0.1, 0.15) is 6.04 Å². The van der Waals surface area contributed by atoms with Crippen LogP contribution in [0.4, 0.5) is 0 Å². The van der Waals surface area contributed by atoms with Crippen molar-refractivity contribution in [2.45, 2.75) is 31.5 Å². The van der Waals surface area contributed by atoms with E-state index in [9.17, 15) is 13.2 Å². The van der Waals surface area contributed by atoms with E-state index in [2.05, 4.69) is 15.5 Å². The summed E-state index contributed by atoms with van der Waals surface area (Å²) in [7, 11) is -3.60. The van der Waals surface area contributed by atoms with Crippen LogP contribution in [0.1, 0.15) is 42.6 Å². The van der Waals surface area contributed by atoms with Gasteiger partial charge in [0.15, 0.2) is 0 Å². The lowest BCUT2D eigenvalue weighted by molar-refractivity contribution is 0.0923. The number of sulfone groups is 1. The Morgan fingerprint density at radius 3 is 2.38 bits per heavy atom. The van der Waals surface area contributed by atoms with E-state index >= 15 is 0 Å². The van der Waals surface area contributed by atoms with Gasteiger partial charge in [0.05, 0.1) is 0 Å². The van der Waals surface area contributed by atoms with Gasteiger partial charge in [0.25, 0.3) is 5.91 Å². The van der Waals surface area contributed by atoms with E-state index < -0.39 is 21.1 Å². The maximum absolute atomic E-state index is 12.4. The van der Waals surface area contributed by atoms with E-state index in [1.807, 2.05) is 13.8 Å². The average Bonchev–Trinajstić information content (AvgIpc) is 2.96. The zero-order valence-electron chi connectivity index (χ0n) is 13.5. The highest BCUT2D eigenvalue weighted by molar-refractivity contribution is 7.90. The number of carbonyl (C=O) groups excluding carboxylic acids is 1. The van der Waals surface area contributed by atoms with Crippen molar-refractivity contribution in [3.05, 3.63) is 40.7 Å². The van der Waals surface area contributed by atoms with Gasteiger partial charge in [0, 0.05) is 16.8 Å². The minimum Gasteiger partial charge on any atom is -0.410 e. The quantitative estimate of drug-likeness (QED) is 0.837. The molecule has 0 saturated carbocycles. The molecule has 0 bridgehead atoms. The third-order valence-electron chi connectivity index (χ3n) is 3.16. The molecule has 1 N–H and O–H groups in total. The number of halogens is 1. The first-order chi connectivity index (χ1) is 11.2. The first-order valence-corrected chi connectivity index (χ1v) is 9.53. The summed E-state index contributed by atoms with van der Waals surface area (Å²) in [5, 5.41) is 10.2. The number of carbonyl (C=O) groups is 1. The molecule has 0 radical (unpaired) electrons. The third kappa shape index (κ3) is 4.78. The fraction of sp³-hybridized carbons (Fsp3) is 0.400. The maximum Gasteiger partial charge on any atom is 0.335 e. The van der Waals surface area contributed by atoms with Crippen molar-refractivity contribution in [3.63, 3.8) is 0 Å². The van der Waals surface area contributed by atoms with E-state index in [0.29, 0.717) is 17.0 Å². The molecule has 7 nitrogen and oxygen atoms in total. The largest absolute Gasteiger partial charge is 0.410 e. The molecule has 0 fully saturated rings. The van der Waals surface area contributed by atoms with Crippen molar-refractivity contribution >= 4 is 27.3 Å². The predicted octanol–water partition coefficient (Wildman–Crippen LogP) is 2.64. The Balaban J connectivity index is 2.23. The number of aromatic nitrogens is 2. The third-order valence-corrected chi connectivity index (χ3v) is 4.21. The molecular weight excluding hydrogens is 354 g/mol. The first kappa shape index (κ1) is 18.4. The Morgan fingerprint density at radius 2 is 1.88 bits per heavy atom. The van der Waals surface area contributed by atoms with Gasteiger partial charge in [-0.05, 0) is 36.6 Å². The van der Waals surface area contributed by atoms with E-state index in [4.69, 9.17) is 16.0 Å². The second kappa shape index (κ2) is 7.31. The van der Waals surface area contributed by atoms with Gasteiger partial charge in [-0.1, -0.05) is 30.5 Å². The molecule has 0 aliphatic carbocycles. The van der Waals surface area contributed by atoms with Crippen LogP contribution in [0.15, 0.2) is 33.9 Å². The van der Waals surface area contributed by atoms with Gasteiger partial charge in [-0.2, -0.15) is 0 Å². The number of amides is 1. The summed E-state index contributed by atoms with van der Waals surface area (Å²) >= 11 is 5.81. The number of hydrogen-bond acceptors (Lipinski definition) is 6. The van der Waals surface area contributed by atoms with Crippen molar-refractivity contribution in [1.82, 2.24) is 15.5 Å². The maximum atomic E-state index is 12.4. The molecule has 0 saturated heterocycles. The Morgan fingerprint density at radius 1 is 1.25 bits per heavy atom. The molecule has 1 atom stereocenters. The Labute approximate surface area is 145 Å². The van der Waals surface area contributed by atoms with Crippen LogP contribution >= 0.6 is 11.6 Å². The fourth-order valence-corrected chi connectivity index (χ4v) is 2.60. The molecule has 0 unspecified atom stereocenters. The summed E-state index contributed by atoms with van der Waals surface area (Å²) in [5.41, 5.74) is 0.427. The van der Waals surface area contributed by atoms with Crippen molar-refractivity contribution in [2.24, 2.45) is 5.92 Å². The summed E-state index contributed by atoms with van der Waals surface area (Å²) in [6, 6.07) is 5.83. The van der Waals surface area contributed by atoms with Gasteiger partial charge in [0.2, 0.25) is 15.7 Å². The Kier molecular flexibility index (Phi) is 5.61. The highest BCUT2D eigenvalue weighted by atomic mass is 35.5. The molecule has 1 heterocycles. The molecule has 1 aromatic heterocycles. The van der Waals surface area contributed by atoms with Gasteiger partial charge >= 0.3 is 5.22 Å². The van der Waals surface area contributed by atoms with E-state index in [0.717, 1.165) is 6.26 Å². The average molecular weight is 372 g/mol. The molecule has 9 heteroatoms. The number of rotatable bonds is 6. The molecular formula is C15H18ClN3O4S. The minimum absolute atomic E-state index is 0.0615. The molecule has 0 aliphatic heterocycles. The molecule has 24 heavy (non-hydrogen) atoms. The monoisotopic (exact) mass is 371 g/mol. The molecule has 1 amide bonds. The van der Waals surface area contributed by atoms with Crippen LogP contribution < -0.4 is 5.32 Å². The number of hydrogen-bond donors (Lipinski definition) is 1. The van der Waals surface area contributed by atoms with Crippen molar-refractivity contribution in [1.29, 1.82) is 0 Å². The zero-order chi connectivity index (χ0) is 17.9. The lowest BCUT2D eigenvalue weighted by atomic mass is 10.0. The molecule has 0 spiro atoms. The highest BCUT2D eigenvalue weighted by Crippen LogP contribution is 2.22. The van der Waals surface area contributed by atoms with Crippen LogP contribution in [0.25, 0.3) is 0 Å². The summed E-state index contributed by atoms with van der Waals surface area (Å²) < 4.78 is 28.2. The van der Waals surface area contributed by atoms with Crippen LogP contribution in [-0.2, 0) is 9.84 Å². The van der Waals surface area contributed by atoms with Crippen LogP contribution in [0.3, 0.4) is 0 Å². The van der Waals surface area contributed by atoms with Crippen molar-refractivity contribution < 1.29 is 17.6 Å². The second-order valence-electron chi connectivity index (χ2n) is 5.84. The molecule has 0 aliphatic rings. The molecule has 1 aromatic carbocycles. The molecule has 130 valence electrons. The van der Waals surface area contributed by atoms with Crippen LogP contribution in [-0.4, -0.2) is 30.8 Å². The summed E-state index contributed by atoms with van der Waals surface area (Å²) in [6.45, 7) is 3.94. The number of nitrogens with zero attached hydrogens (tertiary/aromatic N) is 2. The predicted molar refractivity (Wildman–Crippen MR) is 88.5 cm³/mol. The zero-order valence-corrected chi connectivity index (χ0v) is 15.1. The van der Waals surface area contributed by atoms with Crippen molar-refractivity contribution in [3.8, 4) is 0 Å². The second-order valence-corrected chi connectivity index (χ2v) is 8.17. The summed E-state index contributed by atoms with van der Waals surface area (Å²) in [6.07, 6.45) is 1.50. The van der Waals surface area contributed by atoms with Crippen molar-refractivity contribution in [2.75, 3.05) is 6.26 Å². The standard InChI is InChI=1S/C15H18ClN3O4S/c1-9(2)8-12(14-18-19-15(23-14)24(3,21)22)17-13(20)10-4-6-11(16)7-5-10/h4-7,9,12H,8H2,1-3H3,(H,17,20)/t12-/m0/s1. The fourth-order valence-electron chi connectivity index (χ4n) is 2.05. The minimum atomic E-state index is -3.60. The van der Waals surface area contributed by atoms with E-state index in [1.54, 1.807) is 24.3 Å². The number of nitrogens with one attached hydrogen (secondary N) is 1. The Hall–Kier alpha value is -1.93. The summed E-state index contributed by atoms with van der Waals surface area (Å²) in [5.74, 6) is -0.0584. The van der Waals surface area contributed by atoms with Crippen LogP contribution in [0, 0.1) is 5.92 Å². The van der Waals surface area contributed by atoms with Crippen LogP contribution in [0.5, 0.6) is 0 Å². The first-order valence-electron chi connectivity index (χ1n) is 7.26. The van der Waals surface area contributed by atoms with Gasteiger partial charge in [-0.15, -0.1) is 5.10 Å². The van der Waals surface area contributed by atoms with Gasteiger partial charge in [-0.3, -0.25) is 4.79 Å². The Bertz CT molecular complexity index is 815. The van der Waals surface area contributed by atoms with Gasteiger partial charge < -0.3 is 9.73 Å². The topological polar surface area (TPSA) is 102 Å². The SMILES string of the molecule is CC(C)C[C@H](NC(=O)c1ccc(Cl)cc1)c1nnc(S(C)(=O)=O)o1. The lowest BCUT2D eigenvalue weighted by Gasteiger charge is -2.17.